The summed E-state index contributed by atoms with van der Waals surface area (Å²) in [4.78, 5) is 31.4. The molecule has 3 N–H and O–H groups in total. The van der Waals surface area contributed by atoms with Gasteiger partial charge < -0.3 is 20.4 Å². The predicted octanol–water partition coefficient (Wildman–Crippen LogP) is 2.84. The number of amides is 2. The fourth-order valence-electron chi connectivity index (χ4n) is 2.86. The number of nitrogens with one attached hydrogen (secondary N) is 3. The van der Waals surface area contributed by atoms with Crippen LogP contribution in [0.2, 0.25) is 0 Å². The van der Waals surface area contributed by atoms with Crippen LogP contribution in [0, 0.1) is 12.7 Å². The van der Waals surface area contributed by atoms with Crippen LogP contribution in [0.25, 0.3) is 0 Å². The normalized spacial score (nSPS) is 15.2. The molecule has 0 unspecified atom stereocenters. The molecule has 0 atom stereocenters. The van der Waals surface area contributed by atoms with Gasteiger partial charge in [-0.1, -0.05) is 0 Å². The number of benzene rings is 1. The quantitative estimate of drug-likeness (QED) is 0.742. The molecule has 3 rings (SSSR count). The molecule has 7 nitrogen and oxygen atoms in total. The number of esters is 1. The van der Waals surface area contributed by atoms with E-state index in [2.05, 4.69) is 25.3 Å². The van der Waals surface area contributed by atoms with Gasteiger partial charge in [0.25, 0.3) is 0 Å². The molecule has 0 saturated heterocycles. The molecule has 1 aromatic carbocycles. The third-order valence-electron chi connectivity index (χ3n) is 4.35. The van der Waals surface area contributed by atoms with Gasteiger partial charge in [-0.3, -0.25) is 0 Å². The van der Waals surface area contributed by atoms with Gasteiger partial charge in [-0.25, -0.2) is 19.0 Å². The summed E-state index contributed by atoms with van der Waals surface area (Å²) in [6.45, 7) is 1.90. The molecule has 0 spiro atoms. The molecule has 2 amide bonds. The Hall–Kier alpha value is -2.90. The Kier molecular flexibility index (Phi) is 4.43. The standard InChI is InChI=1S/C17H19FN4O3/c1-10-9-19-15(20-10)17(6-3-7-17)22-16(24)21-11-4-5-13(18)12(8-11)14(23)25-2/h4-5,8-9H,3,6-7H2,1-2H3,(H,19,20)(H2,21,22,24). The molecule has 1 aromatic heterocycles. The maximum atomic E-state index is 13.7. The van der Waals surface area contributed by atoms with E-state index in [-0.39, 0.29) is 5.56 Å². The number of aromatic amines is 1. The molecule has 8 heteroatoms. The summed E-state index contributed by atoms with van der Waals surface area (Å²) in [7, 11) is 1.17. The monoisotopic (exact) mass is 346 g/mol. The Bertz CT molecular complexity index is 814. The molecular formula is C17H19FN4O3. The van der Waals surface area contributed by atoms with Crippen molar-refractivity contribution in [2.24, 2.45) is 0 Å². The predicted molar refractivity (Wildman–Crippen MR) is 88.7 cm³/mol. The van der Waals surface area contributed by atoms with E-state index in [1.165, 1.54) is 19.2 Å². The van der Waals surface area contributed by atoms with E-state index in [9.17, 15) is 14.0 Å². The topological polar surface area (TPSA) is 96.1 Å². The van der Waals surface area contributed by atoms with E-state index >= 15 is 0 Å². The Morgan fingerprint density at radius 2 is 2.12 bits per heavy atom. The average Bonchev–Trinajstić information content (AvgIpc) is 2.98. The fourth-order valence-corrected chi connectivity index (χ4v) is 2.86. The molecule has 1 aliphatic carbocycles. The molecule has 1 aliphatic rings. The molecule has 0 bridgehead atoms. The first-order valence-electron chi connectivity index (χ1n) is 7.93. The van der Waals surface area contributed by atoms with E-state index in [0.29, 0.717) is 5.69 Å². The van der Waals surface area contributed by atoms with Gasteiger partial charge >= 0.3 is 12.0 Å². The van der Waals surface area contributed by atoms with Crippen LogP contribution >= 0.6 is 0 Å². The van der Waals surface area contributed by atoms with Gasteiger partial charge in [0, 0.05) is 17.6 Å². The average molecular weight is 346 g/mol. The lowest BCUT2D eigenvalue weighted by Crippen LogP contribution is -2.52. The first-order chi connectivity index (χ1) is 11.9. The number of rotatable bonds is 4. The molecule has 1 fully saturated rings. The first kappa shape index (κ1) is 16.9. The van der Waals surface area contributed by atoms with E-state index < -0.39 is 23.4 Å². The molecule has 132 valence electrons. The third kappa shape index (κ3) is 3.33. The zero-order valence-corrected chi connectivity index (χ0v) is 14.0. The zero-order valence-electron chi connectivity index (χ0n) is 14.0. The summed E-state index contributed by atoms with van der Waals surface area (Å²) in [6.07, 6.45) is 4.27. The summed E-state index contributed by atoms with van der Waals surface area (Å²) in [5, 5.41) is 5.55. The number of H-pyrrole nitrogens is 1. The number of nitrogens with zero attached hydrogens (tertiary/aromatic N) is 1. The minimum atomic E-state index is -0.803. The summed E-state index contributed by atoms with van der Waals surface area (Å²) in [5.74, 6) is -0.789. The fraction of sp³-hybridized carbons (Fsp3) is 0.353. The van der Waals surface area contributed by atoms with Crippen molar-refractivity contribution < 1.29 is 18.7 Å². The summed E-state index contributed by atoms with van der Waals surface area (Å²) in [5.41, 5.74) is 0.457. The molecule has 25 heavy (non-hydrogen) atoms. The van der Waals surface area contributed by atoms with Crippen LogP contribution in [0.4, 0.5) is 14.9 Å². The van der Waals surface area contributed by atoms with Crippen LogP contribution in [0.15, 0.2) is 24.4 Å². The van der Waals surface area contributed by atoms with Crippen molar-refractivity contribution >= 4 is 17.7 Å². The Balaban J connectivity index is 1.73. The van der Waals surface area contributed by atoms with E-state index in [1.807, 2.05) is 6.92 Å². The van der Waals surface area contributed by atoms with E-state index in [0.717, 1.165) is 36.8 Å². The van der Waals surface area contributed by atoms with Crippen molar-refractivity contribution in [1.29, 1.82) is 0 Å². The molecule has 0 aliphatic heterocycles. The van der Waals surface area contributed by atoms with Crippen LogP contribution in [0.5, 0.6) is 0 Å². The van der Waals surface area contributed by atoms with Gasteiger partial charge in [-0.05, 0) is 44.4 Å². The molecule has 1 heterocycles. The second-order valence-corrected chi connectivity index (χ2v) is 6.12. The highest BCUT2D eigenvalue weighted by Crippen LogP contribution is 2.39. The Morgan fingerprint density at radius 1 is 1.36 bits per heavy atom. The zero-order chi connectivity index (χ0) is 18.0. The number of hydrogen-bond acceptors (Lipinski definition) is 4. The largest absolute Gasteiger partial charge is 0.465 e. The second-order valence-electron chi connectivity index (χ2n) is 6.12. The number of anilines is 1. The van der Waals surface area contributed by atoms with Gasteiger partial charge in [0.05, 0.1) is 18.2 Å². The maximum absolute atomic E-state index is 13.7. The second kappa shape index (κ2) is 6.54. The number of carbonyl (C=O) groups excluding carboxylic acids is 2. The Labute approximate surface area is 144 Å². The highest BCUT2D eigenvalue weighted by molar-refractivity contribution is 5.94. The number of carbonyl (C=O) groups is 2. The Morgan fingerprint density at radius 3 is 2.68 bits per heavy atom. The van der Waals surface area contributed by atoms with Crippen LogP contribution in [0.1, 0.15) is 41.1 Å². The number of ether oxygens (including phenoxy) is 1. The van der Waals surface area contributed by atoms with Gasteiger partial charge in [0.2, 0.25) is 0 Å². The van der Waals surface area contributed by atoms with Crippen molar-refractivity contribution in [1.82, 2.24) is 15.3 Å². The van der Waals surface area contributed by atoms with Gasteiger partial charge in [-0.2, -0.15) is 0 Å². The molecule has 2 aromatic rings. The summed E-state index contributed by atoms with van der Waals surface area (Å²) >= 11 is 0. The van der Waals surface area contributed by atoms with Crippen molar-refractivity contribution in [3.63, 3.8) is 0 Å². The van der Waals surface area contributed by atoms with Crippen LogP contribution in [-0.2, 0) is 10.3 Å². The van der Waals surface area contributed by atoms with Crippen molar-refractivity contribution in [3.8, 4) is 0 Å². The van der Waals surface area contributed by atoms with Crippen molar-refractivity contribution in [2.75, 3.05) is 12.4 Å². The molecular weight excluding hydrogens is 327 g/mol. The van der Waals surface area contributed by atoms with Crippen molar-refractivity contribution in [2.45, 2.75) is 31.7 Å². The minimum absolute atomic E-state index is 0.236. The van der Waals surface area contributed by atoms with Crippen molar-refractivity contribution in [3.05, 3.63) is 47.3 Å². The van der Waals surface area contributed by atoms with Gasteiger partial charge in [0.1, 0.15) is 11.6 Å². The van der Waals surface area contributed by atoms with Crippen LogP contribution < -0.4 is 10.6 Å². The van der Waals surface area contributed by atoms with Crippen LogP contribution in [0.3, 0.4) is 0 Å². The van der Waals surface area contributed by atoms with E-state index in [1.54, 1.807) is 6.20 Å². The lowest BCUT2D eigenvalue weighted by Gasteiger charge is -2.40. The lowest BCUT2D eigenvalue weighted by molar-refractivity contribution is 0.0595. The number of aryl methyl sites for hydroxylation is 1. The molecule has 0 radical (unpaired) electrons. The smallest absolute Gasteiger partial charge is 0.340 e. The summed E-state index contributed by atoms with van der Waals surface area (Å²) in [6, 6.07) is 3.28. The highest BCUT2D eigenvalue weighted by atomic mass is 19.1. The van der Waals surface area contributed by atoms with Gasteiger partial charge in [-0.15, -0.1) is 0 Å². The first-order valence-corrected chi connectivity index (χ1v) is 7.93. The SMILES string of the molecule is COC(=O)c1cc(NC(=O)NC2(c3ncc(C)[nH]3)CCC2)ccc1F. The van der Waals surface area contributed by atoms with Crippen LogP contribution in [-0.4, -0.2) is 29.1 Å². The number of halogens is 1. The number of imidazole rings is 1. The van der Waals surface area contributed by atoms with E-state index in [4.69, 9.17) is 0 Å². The number of aromatic nitrogens is 2. The number of urea groups is 1. The third-order valence-corrected chi connectivity index (χ3v) is 4.35. The number of methoxy groups -OCH3 is 1. The maximum Gasteiger partial charge on any atom is 0.340 e. The minimum Gasteiger partial charge on any atom is -0.465 e. The summed E-state index contributed by atoms with van der Waals surface area (Å²) < 4.78 is 18.2. The highest BCUT2D eigenvalue weighted by Gasteiger charge is 2.42. The number of hydrogen-bond donors (Lipinski definition) is 3. The van der Waals surface area contributed by atoms with Gasteiger partial charge in [0.15, 0.2) is 0 Å². The lowest BCUT2D eigenvalue weighted by atomic mass is 9.76. The molecule has 1 saturated carbocycles.